The Hall–Kier alpha value is -1.84. The monoisotopic (exact) mass is 205 g/mol. The van der Waals surface area contributed by atoms with Crippen molar-refractivity contribution in [1.82, 2.24) is 9.78 Å². The predicted molar refractivity (Wildman–Crippen MR) is 57.3 cm³/mol. The molecule has 0 fully saturated rings. The van der Waals surface area contributed by atoms with Gasteiger partial charge in [-0.3, -0.25) is 0 Å². The molecule has 4 heteroatoms. The van der Waals surface area contributed by atoms with Crippen LogP contribution in [0.25, 0.3) is 5.69 Å². The molecule has 0 spiro atoms. The molecular weight excluding hydrogens is 193 g/mol. The number of para-hydroxylation sites is 1. The molecule has 0 amide bonds. The molecule has 0 bridgehead atoms. The average molecular weight is 205 g/mol. The van der Waals surface area contributed by atoms with Crippen LogP contribution < -0.4 is 5.73 Å². The van der Waals surface area contributed by atoms with Crippen LogP contribution in [-0.4, -0.2) is 9.78 Å². The zero-order valence-corrected chi connectivity index (χ0v) is 8.44. The van der Waals surface area contributed by atoms with Crippen molar-refractivity contribution < 1.29 is 4.39 Å². The van der Waals surface area contributed by atoms with Crippen molar-refractivity contribution in [3.63, 3.8) is 0 Å². The Labute approximate surface area is 87.3 Å². The highest BCUT2D eigenvalue weighted by Gasteiger charge is 2.10. The molecule has 0 aliphatic carbocycles. The van der Waals surface area contributed by atoms with E-state index >= 15 is 0 Å². The van der Waals surface area contributed by atoms with E-state index < -0.39 is 0 Å². The lowest BCUT2D eigenvalue weighted by atomic mass is 10.2. The third kappa shape index (κ3) is 1.58. The summed E-state index contributed by atoms with van der Waals surface area (Å²) < 4.78 is 15.0. The van der Waals surface area contributed by atoms with E-state index in [4.69, 9.17) is 5.73 Å². The lowest BCUT2D eigenvalue weighted by Gasteiger charge is -2.06. The Bertz CT molecular complexity index is 476. The highest BCUT2D eigenvalue weighted by Crippen LogP contribution is 2.19. The second-order valence-corrected chi connectivity index (χ2v) is 3.26. The molecule has 0 aliphatic heterocycles. The molecule has 2 N–H and O–H groups in total. The lowest BCUT2D eigenvalue weighted by Crippen LogP contribution is -2.04. The second kappa shape index (κ2) is 3.73. The van der Waals surface area contributed by atoms with Crippen molar-refractivity contribution in [2.24, 2.45) is 0 Å². The third-order valence-corrected chi connectivity index (χ3v) is 2.32. The maximum Gasteiger partial charge on any atom is 0.148 e. The quantitative estimate of drug-likeness (QED) is 0.816. The second-order valence-electron chi connectivity index (χ2n) is 3.26. The number of aromatic nitrogens is 2. The summed E-state index contributed by atoms with van der Waals surface area (Å²) in [7, 11) is 0. The minimum absolute atomic E-state index is 0.296. The van der Waals surface area contributed by atoms with Crippen LogP contribution in [0.3, 0.4) is 0 Å². The van der Waals surface area contributed by atoms with Gasteiger partial charge in [-0.15, -0.1) is 0 Å². The van der Waals surface area contributed by atoms with Crippen LogP contribution in [0.1, 0.15) is 12.6 Å². The van der Waals surface area contributed by atoms with Crippen LogP contribution >= 0.6 is 0 Å². The van der Waals surface area contributed by atoms with Gasteiger partial charge in [0, 0.05) is 0 Å². The highest BCUT2D eigenvalue weighted by molar-refractivity contribution is 5.46. The van der Waals surface area contributed by atoms with Crippen LogP contribution in [0.2, 0.25) is 0 Å². The van der Waals surface area contributed by atoms with E-state index in [1.54, 1.807) is 29.1 Å². The molecule has 0 aliphatic rings. The average Bonchev–Trinajstić information content (AvgIpc) is 2.60. The molecule has 0 saturated carbocycles. The third-order valence-electron chi connectivity index (χ3n) is 2.32. The smallest absolute Gasteiger partial charge is 0.148 e. The number of anilines is 1. The van der Waals surface area contributed by atoms with E-state index in [1.165, 1.54) is 6.07 Å². The van der Waals surface area contributed by atoms with Crippen molar-refractivity contribution in [2.75, 3.05) is 5.73 Å². The van der Waals surface area contributed by atoms with Gasteiger partial charge in [-0.1, -0.05) is 19.1 Å². The fourth-order valence-electron chi connectivity index (χ4n) is 1.57. The van der Waals surface area contributed by atoms with Crippen molar-refractivity contribution in [3.8, 4) is 5.69 Å². The van der Waals surface area contributed by atoms with Gasteiger partial charge in [0.1, 0.15) is 11.5 Å². The molecule has 0 radical (unpaired) electrons. The Morgan fingerprint density at radius 1 is 1.40 bits per heavy atom. The fraction of sp³-hybridized carbons (Fsp3) is 0.182. The van der Waals surface area contributed by atoms with Gasteiger partial charge in [0.25, 0.3) is 0 Å². The topological polar surface area (TPSA) is 43.8 Å². The summed E-state index contributed by atoms with van der Waals surface area (Å²) in [4.78, 5) is 0. The number of rotatable bonds is 2. The van der Waals surface area contributed by atoms with Crippen molar-refractivity contribution in [3.05, 3.63) is 42.0 Å². The minimum atomic E-state index is -0.296. The van der Waals surface area contributed by atoms with Crippen LogP contribution in [0, 0.1) is 5.82 Å². The van der Waals surface area contributed by atoms with E-state index in [1.807, 2.05) is 6.92 Å². The standard InChI is InChI=1S/C11H12FN3/c1-2-10-9(13)7-14-15(10)11-6-4-3-5-8(11)12/h3-7H,2,13H2,1H3. The number of nitrogen functional groups attached to an aromatic ring is 1. The number of nitrogens with two attached hydrogens (primary N) is 1. The maximum atomic E-state index is 13.5. The van der Waals surface area contributed by atoms with Gasteiger partial charge in [0.05, 0.1) is 17.6 Å². The SMILES string of the molecule is CCc1c(N)cnn1-c1ccccc1F. The molecular formula is C11H12FN3. The zero-order chi connectivity index (χ0) is 10.8. The van der Waals surface area contributed by atoms with E-state index in [-0.39, 0.29) is 5.82 Å². The molecule has 78 valence electrons. The first-order valence-corrected chi connectivity index (χ1v) is 4.81. The number of nitrogens with zero attached hydrogens (tertiary/aromatic N) is 2. The van der Waals surface area contributed by atoms with Gasteiger partial charge in [0.15, 0.2) is 0 Å². The number of benzene rings is 1. The first kappa shape index (κ1) is 9.71. The largest absolute Gasteiger partial charge is 0.396 e. The van der Waals surface area contributed by atoms with Crippen LogP contribution in [-0.2, 0) is 6.42 Å². The first-order chi connectivity index (χ1) is 7.24. The van der Waals surface area contributed by atoms with Crippen molar-refractivity contribution in [2.45, 2.75) is 13.3 Å². The highest BCUT2D eigenvalue weighted by atomic mass is 19.1. The Balaban J connectivity index is 2.59. The molecule has 3 nitrogen and oxygen atoms in total. The minimum Gasteiger partial charge on any atom is -0.396 e. The maximum absolute atomic E-state index is 13.5. The molecule has 1 heterocycles. The summed E-state index contributed by atoms with van der Waals surface area (Å²) >= 11 is 0. The summed E-state index contributed by atoms with van der Waals surface area (Å²) in [6, 6.07) is 6.51. The summed E-state index contributed by atoms with van der Waals surface area (Å²) in [6.45, 7) is 1.96. The lowest BCUT2D eigenvalue weighted by molar-refractivity contribution is 0.607. The molecule has 0 atom stereocenters. The first-order valence-electron chi connectivity index (χ1n) is 4.81. The number of hydrogen-bond acceptors (Lipinski definition) is 2. The number of hydrogen-bond donors (Lipinski definition) is 1. The molecule has 1 aromatic carbocycles. The molecule has 0 saturated heterocycles. The van der Waals surface area contributed by atoms with Gasteiger partial charge in [-0.2, -0.15) is 5.10 Å². The van der Waals surface area contributed by atoms with E-state index in [0.29, 0.717) is 11.4 Å². The normalized spacial score (nSPS) is 10.5. The zero-order valence-electron chi connectivity index (χ0n) is 8.44. The van der Waals surface area contributed by atoms with Gasteiger partial charge < -0.3 is 5.73 Å². The number of halogens is 1. The molecule has 15 heavy (non-hydrogen) atoms. The Morgan fingerprint density at radius 3 is 2.80 bits per heavy atom. The van der Waals surface area contributed by atoms with Gasteiger partial charge >= 0.3 is 0 Å². The molecule has 2 aromatic rings. The fourth-order valence-corrected chi connectivity index (χ4v) is 1.57. The van der Waals surface area contributed by atoms with E-state index in [0.717, 1.165) is 12.1 Å². The van der Waals surface area contributed by atoms with Crippen LogP contribution in [0.15, 0.2) is 30.5 Å². The van der Waals surface area contributed by atoms with Crippen molar-refractivity contribution >= 4 is 5.69 Å². The van der Waals surface area contributed by atoms with Gasteiger partial charge in [-0.25, -0.2) is 9.07 Å². The molecule has 0 unspecified atom stereocenters. The Kier molecular flexibility index (Phi) is 2.41. The van der Waals surface area contributed by atoms with Crippen molar-refractivity contribution in [1.29, 1.82) is 0 Å². The van der Waals surface area contributed by atoms with Gasteiger partial charge in [-0.05, 0) is 18.6 Å². The molecule has 2 rings (SSSR count). The van der Waals surface area contributed by atoms with Crippen LogP contribution in [0.4, 0.5) is 10.1 Å². The summed E-state index contributed by atoms with van der Waals surface area (Å²) in [5.74, 6) is -0.296. The Morgan fingerprint density at radius 2 is 2.13 bits per heavy atom. The summed E-state index contributed by atoms with van der Waals surface area (Å²) in [5.41, 5.74) is 7.60. The predicted octanol–water partition coefficient (Wildman–Crippen LogP) is 2.16. The summed E-state index contributed by atoms with van der Waals surface area (Å²) in [6.07, 6.45) is 2.27. The van der Waals surface area contributed by atoms with E-state index in [9.17, 15) is 4.39 Å². The molecule has 1 aromatic heterocycles. The summed E-state index contributed by atoms with van der Waals surface area (Å²) in [5, 5.41) is 4.07. The van der Waals surface area contributed by atoms with Gasteiger partial charge in [0.2, 0.25) is 0 Å². The van der Waals surface area contributed by atoms with E-state index in [2.05, 4.69) is 5.10 Å². The van der Waals surface area contributed by atoms with Crippen LogP contribution in [0.5, 0.6) is 0 Å².